The highest BCUT2D eigenvalue weighted by Gasteiger charge is 2.12. The first-order valence-electron chi connectivity index (χ1n) is 6.85. The lowest BCUT2D eigenvalue weighted by atomic mass is 10.2. The normalized spacial score (nSPS) is 12.6. The van der Waals surface area contributed by atoms with E-state index in [-0.39, 0.29) is 0 Å². The molecule has 0 aliphatic carbocycles. The van der Waals surface area contributed by atoms with Crippen molar-refractivity contribution < 1.29 is 9.84 Å². The van der Waals surface area contributed by atoms with Gasteiger partial charge in [0.25, 0.3) is 0 Å². The molecule has 6 nitrogen and oxygen atoms in total. The largest absolute Gasteiger partial charge is 0.496 e. The van der Waals surface area contributed by atoms with Crippen molar-refractivity contribution in [2.24, 2.45) is 0 Å². The Kier molecular flexibility index (Phi) is 5.19. The average Bonchev–Trinajstić information content (AvgIpc) is 2.84. The molecule has 0 aliphatic heterocycles. The van der Waals surface area contributed by atoms with Crippen molar-refractivity contribution in [2.75, 3.05) is 26.4 Å². The van der Waals surface area contributed by atoms with Crippen LogP contribution in [0.1, 0.15) is 5.56 Å². The van der Waals surface area contributed by atoms with E-state index < -0.39 is 6.10 Å². The fraction of sp³-hybridized carbons (Fsp3) is 0.400. The number of nitrogens with zero attached hydrogens (tertiary/aromatic N) is 3. The summed E-state index contributed by atoms with van der Waals surface area (Å²) in [5.41, 5.74) is 7.30. The van der Waals surface area contributed by atoms with E-state index in [0.717, 1.165) is 11.3 Å². The zero-order chi connectivity index (χ0) is 15.2. The Hall–Kier alpha value is -2.05. The number of hydrogen-bond acceptors (Lipinski definition) is 5. The van der Waals surface area contributed by atoms with E-state index in [0.29, 0.717) is 25.3 Å². The summed E-state index contributed by atoms with van der Waals surface area (Å²) in [5.74, 6) is 0.860. The average molecular weight is 290 g/mol. The molecule has 1 aromatic heterocycles. The quantitative estimate of drug-likeness (QED) is 0.794. The van der Waals surface area contributed by atoms with E-state index in [1.54, 1.807) is 24.2 Å². The van der Waals surface area contributed by atoms with Gasteiger partial charge in [-0.15, -0.1) is 0 Å². The van der Waals surface area contributed by atoms with Gasteiger partial charge in [-0.1, -0.05) is 18.2 Å². The molecule has 2 aromatic rings. The predicted octanol–water partition coefficient (Wildman–Crippen LogP) is 0.967. The molecule has 1 aromatic carbocycles. The van der Waals surface area contributed by atoms with Crippen molar-refractivity contribution in [1.82, 2.24) is 14.7 Å². The molecule has 0 aliphatic rings. The molecule has 114 valence electrons. The number of benzene rings is 1. The van der Waals surface area contributed by atoms with E-state index in [1.165, 1.54) is 0 Å². The number of ether oxygens (including phenoxy) is 1. The molecule has 0 spiro atoms. The highest BCUT2D eigenvalue weighted by molar-refractivity contribution is 5.33. The van der Waals surface area contributed by atoms with E-state index in [9.17, 15) is 5.11 Å². The van der Waals surface area contributed by atoms with Crippen LogP contribution in [0, 0.1) is 0 Å². The van der Waals surface area contributed by atoms with E-state index >= 15 is 0 Å². The van der Waals surface area contributed by atoms with Crippen LogP contribution in [-0.2, 0) is 13.1 Å². The molecule has 1 atom stereocenters. The molecule has 0 saturated heterocycles. The summed E-state index contributed by atoms with van der Waals surface area (Å²) in [5, 5.41) is 14.2. The smallest absolute Gasteiger partial charge is 0.123 e. The Balaban J connectivity index is 1.87. The van der Waals surface area contributed by atoms with Crippen molar-refractivity contribution in [3.8, 4) is 5.75 Å². The lowest BCUT2D eigenvalue weighted by Crippen LogP contribution is -2.32. The van der Waals surface area contributed by atoms with Crippen molar-refractivity contribution in [3.05, 3.63) is 42.2 Å². The molecule has 0 bridgehead atoms. The molecule has 2 rings (SSSR count). The number of rotatable bonds is 7. The second-order valence-electron chi connectivity index (χ2n) is 5.16. The zero-order valence-corrected chi connectivity index (χ0v) is 12.4. The molecule has 21 heavy (non-hydrogen) atoms. The van der Waals surface area contributed by atoms with Gasteiger partial charge in [-0.05, 0) is 13.1 Å². The van der Waals surface area contributed by atoms with Crippen LogP contribution in [0.5, 0.6) is 5.75 Å². The molecule has 1 unspecified atom stereocenters. The maximum atomic E-state index is 10.1. The van der Waals surface area contributed by atoms with Crippen molar-refractivity contribution >= 4 is 5.69 Å². The minimum absolute atomic E-state index is 0.424. The standard InChI is InChI=1S/C15H22N4O2/c1-18(8-12-5-3-4-6-15(12)21-2)10-14(20)11-19-9-13(16)7-17-19/h3-7,9,14,20H,8,10-11,16H2,1-2H3. The van der Waals surface area contributed by atoms with Gasteiger partial charge in [0, 0.05) is 24.8 Å². The topological polar surface area (TPSA) is 76.5 Å². The van der Waals surface area contributed by atoms with Crippen LogP contribution in [0.25, 0.3) is 0 Å². The van der Waals surface area contributed by atoms with Crippen molar-refractivity contribution in [1.29, 1.82) is 0 Å². The van der Waals surface area contributed by atoms with Crippen LogP contribution in [0.4, 0.5) is 5.69 Å². The molecule has 0 fully saturated rings. The lowest BCUT2D eigenvalue weighted by Gasteiger charge is -2.21. The molecule has 0 radical (unpaired) electrons. The van der Waals surface area contributed by atoms with Gasteiger partial charge in [-0.2, -0.15) is 5.10 Å². The zero-order valence-electron chi connectivity index (χ0n) is 12.4. The third-order valence-electron chi connectivity index (χ3n) is 3.21. The van der Waals surface area contributed by atoms with Crippen LogP contribution in [0.2, 0.25) is 0 Å². The Morgan fingerprint density at radius 1 is 1.43 bits per heavy atom. The monoisotopic (exact) mass is 290 g/mol. The number of aromatic nitrogens is 2. The minimum Gasteiger partial charge on any atom is -0.496 e. The van der Waals surface area contributed by atoms with Gasteiger partial charge in [0.15, 0.2) is 0 Å². The molecule has 1 heterocycles. The van der Waals surface area contributed by atoms with E-state index in [2.05, 4.69) is 10.00 Å². The SMILES string of the molecule is COc1ccccc1CN(C)CC(O)Cn1cc(N)cn1. The first-order chi connectivity index (χ1) is 10.1. The fourth-order valence-electron chi connectivity index (χ4n) is 2.30. The molecule has 3 N–H and O–H groups in total. The minimum atomic E-state index is -0.510. The summed E-state index contributed by atoms with van der Waals surface area (Å²) >= 11 is 0. The molecular formula is C15H22N4O2. The van der Waals surface area contributed by atoms with Crippen LogP contribution < -0.4 is 10.5 Å². The summed E-state index contributed by atoms with van der Waals surface area (Å²) in [6.45, 7) is 1.67. The van der Waals surface area contributed by atoms with Gasteiger partial charge < -0.3 is 15.6 Å². The Morgan fingerprint density at radius 3 is 2.86 bits per heavy atom. The van der Waals surface area contributed by atoms with Gasteiger partial charge in [0.05, 0.1) is 31.6 Å². The van der Waals surface area contributed by atoms with Gasteiger partial charge in [-0.3, -0.25) is 9.58 Å². The summed E-state index contributed by atoms with van der Waals surface area (Å²) in [4.78, 5) is 2.05. The molecule has 0 saturated carbocycles. The third-order valence-corrected chi connectivity index (χ3v) is 3.21. The number of likely N-dealkylation sites (N-methyl/N-ethyl adjacent to an activating group) is 1. The number of methoxy groups -OCH3 is 1. The maximum Gasteiger partial charge on any atom is 0.123 e. The van der Waals surface area contributed by atoms with Crippen LogP contribution in [-0.4, -0.2) is 46.6 Å². The third kappa shape index (κ3) is 4.47. The Labute approximate surface area is 124 Å². The summed E-state index contributed by atoms with van der Waals surface area (Å²) in [6.07, 6.45) is 2.78. The van der Waals surface area contributed by atoms with Crippen LogP contribution >= 0.6 is 0 Å². The van der Waals surface area contributed by atoms with Gasteiger partial charge in [0.2, 0.25) is 0 Å². The van der Waals surface area contributed by atoms with Gasteiger partial charge >= 0.3 is 0 Å². The number of aliphatic hydroxyl groups is 1. The Morgan fingerprint density at radius 2 is 2.19 bits per heavy atom. The molecule has 0 amide bonds. The van der Waals surface area contributed by atoms with Crippen LogP contribution in [0.15, 0.2) is 36.7 Å². The molecule has 6 heteroatoms. The highest BCUT2D eigenvalue weighted by Crippen LogP contribution is 2.18. The van der Waals surface area contributed by atoms with Crippen molar-refractivity contribution in [3.63, 3.8) is 0 Å². The first kappa shape index (κ1) is 15.3. The summed E-state index contributed by atoms with van der Waals surface area (Å²) in [6, 6.07) is 7.88. The number of para-hydroxylation sites is 1. The Bertz CT molecular complexity index is 570. The van der Waals surface area contributed by atoms with Crippen LogP contribution in [0.3, 0.4) is 0 Å². The fourth-order valence-corrected chi connectivity index (χ4v) is 2.30. The predicted molar refractivity (Wildman–Crippen MR) is 82.0 cm³/mol. The molecular weight excluding hydrogens is 268 g/mol. The van der Waals surface area contributed by atoms with E-state index in [1.807, 2.05) is 31.3 Å². The summed E-state index contributed by atoms with van der Waals surface area (Å²) in [7, 11) is 3.63. The van der Waals surface area contributed by atoms with Gasteiger partial charge in [-0.25, -0.2) is 0 Å². The maximum absolute atomic E-state index is 10.1. The second kappa shape index (κ2) is 7.10. The number of nitrogen functional groups attached to an aromatic ring is 1. The number of anilines is 1. The van der Waals surface area contributed by atoms with E-state index in [4.69, 9.17) is 10.5 Å². The first-order valence-corrected chi connectivity index (χ1v) is 6.85. The number of hydrogen-bond donors (Lipinski definition) is 2. The summed E-state index contributed by atoms with van der Waals surface area (Å²) < 4.78 is 6.98. The number of nitrogens with two attached hydrogens (primary N) is 1. The van der Waals surface area contributed by atoms with Crippen molar-refractivity contribution in [2.45, 2.75) is 19.2 Å². The lowest BCUT2D eigenvalue weighted by molar-refractivity contribution is 0.103. The highest BCUT2D eigenvalue weighted by atomic mass is 16.5. The number of aliphatic hydroxyl groups excluding tert-OH is 1. The second-order valence-corrected chi connectivity index (χ2v) is 5.16. The van der Waals surface area contributed by atoms with Gasteiger partial charge in [0.1, 0.15) is 5.75 Å².